The Balaban J connectivity index is 2.42. The maximum absolute atomic E-state index is 14.1. The average molecular weight is 276 g/mol. The molecule has 2 nitrogen and oxygen atoms in total. The summed E-state index contributed by atoms with van der Waals surface area (Å²) >= 11 is 0. The third-order valence-corrected chi connectivity index (χ3v) is 3.93. The minimum atomic E-state index is -0.611. The van der Waals surface area contributed by atoms with Crippen molar-refractivity contribution >= 4 is 5.57 Å². The maximum Gasteiger partial charge on any atom is 0.129 e. The zero-order chi connectivity index (χ0) is 14.8. The molecule has 1 N–H and O–H groups in total. The van der Waals surface area contributed by atoms with Gasteiger partial charge in [0.25, 0.3) is 0 Å². The molecule has 0 radical (unpaired) electrons. The summed E-state index contributed by atoms with van der Waals surface area (Å²) in [6.07, 6.45) is 1.66. The number of allylic oxidation sites excluding steroid dienone is 1. The minimum absolute atomic E-state index is 0.305. The van der Waals surface area contributed by atoms with Gasteiger partial charge in [0, 0.05) is 6.07 Å². The Bertz CT molecular complexity index is 567. The lowest BCUT2D eigenvalue weighted by atomic mass is 9.74. The summed E-state index contributed by atoms with van der Waals surface area (Å²) in [5, 5.41) is 12.7. The summed E-state index contributed by atoms with van der Waals surface area (Å²) in [5.41, 5.74) is 0.923. The maximum atomic E-state index is 14.1. The summed E-state index contributed by atoms with van der Waals surface area (Å²) in [6, 6.07) is 4.53. The number of nitrogens with one attached hydrogen (secondary N) is 1. The summed E-state index contributed by atoms with van der Waals surface area (Å²) < 4.78 is 27.5. The molecule has 1 aliphatic heterocycles. The smallest absolute Gasteiger partial charge is 0.129 e. The second kappa shape index (κ2) is 5.72. The molecule has 0 amide bonds. The van der Waals surface area contributed by atoms with Crippen LogP contribution in [0.15, 0.2) is 18.7 Å². The van der Waals surface area contributed by atoms with Crippen LogP contribution in [0.5, 0.6) is 0 Å². The van der Waals surface area contributed by atoms with E-state index in [4.69, 9.17) is 0 Å². The minimum Gasteiger partial charge on any atom is -0.317 e. The first-order valence-corrected chi connectivity index (χ1v) is 6.73. The van der Waals surface area contributed by atoms with Gasteiger partial charge in [-0.05, 0) is 56.5 Å². The first-order chi connectivity index (χ1) is 9.47. The van der Waals surface area contributed by atoms with Gasteiger partial charge in [-0.3, -0.25) is 0 Å². The Kier molecular flexibility index (Phi) is 4.20. The lowest BCUT2D eigenvalue weighted by Gasteiger charge is -2.32. The molecule has 0 atom stereocenters. The Morgan fingerprint density at radius 3 is 2.60 bits per heavy atom. The molecule has 1 saturated heterocycles. The van der Waals surface area contributed by atoms with Gasteiger partial charge < -0.3 is 5.32 Å². The number of hydrogen-bond acceptors (Lipinski definition) is 2. The Labute approximate surface area is 118 Å². The topological polar surface area (TPSA) is 35.8 Å². The highest BCUT2D eigenvalue weighted by molar-refractivity contribution is 5.65. The van der Waals surface area contributed by atoms with Crippen molar-refractivity contribution < 1.29 is 8.78 Å². The van der Waals surface area contributed by atoms with Crippen LogP contribution in [-0.4, -0.2) is 13.1 Å². The van der Waals surface area contributed by atoms with Crippen LogP contribution in [0, 0.1) is 28.4 Å². The van der Waals surface area contributed by atoms with Gasteiger partial charge in [-0.25, -0.2) is 8.78 Å². The average Bonchev–Trinajstić information content (AvgIpc) is 2.42. The van der Waals surface area contributed by atoms with Crippen LogP contribution in [-0.2, 0) is 6.42 Å². The molecule has 106 valence electrons. The van der Waals surface area contributed by atoms with Crippen molar-refractivity contribution in [2.75, 3.05) is 13.1 Å². The molecule has 0 unspecified atom stereocenters. The Morgan fingerprint density at radius 2 is 2.05 bits per heavy atom. The van der Waals surface area contributed by atoms with Crippen molar-refractivity contribution in [1.29, 1.82) is 5.26 Å². The number of hydrogen-bond donors (Lipinski definition) is 1. The van der Waals surface area contributed by atoms with Crippen molar-refractivity contribution in [2.45, 2.75) is 26.2 Å². The molecule has 0 spiro atoms. The summed E-state index contributed by atoms with van der Waals surface area (Å²) in [5.74, 6) is -1.20. The van der Waals surface area contributed by atoms with E-state index < -0.39 is 17.0 Å². The van der Waals surface area contributed by atoms with Gasteiger partial charge >= 0.3 is 0 Å². The fraction of sp³-hybridized carbons (Fsp3) is 0.438. The largest absolute Gasteiger partial charge is 0.317 e. The van der Waals surface area contributed by atoms with Crippen LogP contribution >= 0.6 is 0 Å². The third kappa shape index (κ3) is 2.88. The fourth-order valence-electron chi connectivity index (χ4n) is 2.74. The van der Waals surface area contributed by atoms with Gasteiger partial charge in [-0.2, -0.15) is 5.26 Å². The van der Waals surface area contributed by atoms with E-state index in [0.717, 1.165) is 19.2 Å². The van der Waals surface area contributed by atoms with Crippen LogP contribution in [0.25, 0.3) is 5.57 Å². The predicted molar refractivity (Wildman–Crippen MR) is 74.9 cm³/mol. The highest BCUT2D eigenvalue weighted by Crippen LogP contribution is 2.35. The summed E-state index contributed by atoms with van der Waals surface area (Å²) in [7, 11) is 0. The molecule has 4 heteroatoms. The molecule has 1 aromatic carbocycles. The van der Waals surface area contributed by atoms with E-state index in [9.17, 15) is 14.0 Å². The molecule has 2 rings (SSSR count). The van der Waals surface area contributed by atoms with Gasteiger partial charge in [-0.15, -0.1) is 0 Å². The summed E-state index contributed by atoms with van der Waals surface area (Å²) in [6.45, 7) is 7.00. The molecular weight excluding hydrogens is 258 g/mol. The summed E-state index contributed by atoms with van der Waals surface area (Å²) in [4.78, 5) is 0. The molecule has 0 aliphatic carbocycles. The van der Waals surface area contributed by atoms with Gasteiger partial charge in [-0.1, -0.05) is 12.2 Å². The quantitative estimate of drug-likeness (QED) is 0.918. The highest BCUT2D eigenvalue weighted by atomic mass is 19.1. The van der Waals surface area contributed by atoms with E-state index in [1.54, 1.807) is 6.92 Å². The highest BCUT2D eigenvalue weighted by Gasteiger charge is 2.34. The normalized spacial score (nSPS) is 17.5. The lowest BCUT2D eigenvalue weighted by molar-refractivity contribution is 0.277. The lowest BCUT2D eigenvalue weighted by Crippen LogP contribution is -2.37. The third-order valence-electron chi connectivity index (χ3n) is 3.93. The van der Waals surface area contributed by atoms with Gasteiger partial charge in [0.15, 0.2) is 0 Å². The molecule has 20 heavy (non-hydrogen) atoms. The van der Waals surface area contributed by atoms with E-state index in [-0.39, 0.29) is 0 Å². The van der Waals surface area contributed by atoms with E-state index >= 15 is 0 Å². The van der Waals surface area contributed by atoms with Crippen LogP contribution < -0.4 is 5.32 Å². The second-order valence-electron chi connectivity index (χ2n) is 5.51. The molecule has 1 heterocycles. The number of rotatable bonds is 3. The first kappa shape index (κ1) is 14.7. The van der Waals surface area contributed by atoms with E-state index in [1.807, 2.05) is 0 Å². The van der Waals surface area contributed by atoms with Crippen molar-refractivity contribution in [3.05, 3.63) is 41.5 Å². The molecule has 0 aromatic heterocycles. The van der Waals surface area contributed by atoms with Gasteiger partial charge in [0.05, 0.1) is 11.5 Å². The molecule has 0 bridgehead atoms. The molecule has 1 aliphatic rings. The molecular formula is C16H18F2N2. The number of benzene rings is 1. The number of piperidine rings is 1. The van der Waals surface area contributed by atoms with Crippen LogP contribution in [0.2, 0.25) is 0 Å². The van der Waals surface area contributed by atoms with Crippen LogP contribution in [0.3, 0.4) is 0 Å². The van der Waals surface area contributed by atoms with Crippen molar-refractivity contribution in [3.8, 4) is 6.07 Å². The number of nitriles is 1. The predicted octanol–water partition coefficient (Wildman–Crippen LogP) is 3.43. The van der Waals surface area contributed by atoms with E-state index in [2.05, 4.69) is 18.0 Å². The second-order valence-corrected chi connectivity index (χ2v) is 5.51. The Morgan fingerprint density at radius 1 is 1.40 bits per heavy atom. The standard InChI is InChI=1S/C16H18F2N2/c1-11(2)13-7-12(17)8-15(18)14(13)9-16(10-19)3-5-20-6-4-16/h7-8,20H,1,3-6,9H2,2H3. The zero-order valence-corrected chi connectivity index (χ0v) is 11.6. The molecule has 0 saturated carbocycles. The molecule has 1 aromatic rings. The van der Waals surface area contributed by atoms with Crippen molar-refractivity contribution in [2.24, 2.45) is 5.41 Å². The Hall–Kier alpha value is -1.73. The van der Waals surface area contributed by atoms with Gasteiger partial charge in [0.2, 0.25) is 0 Å². The SMILES string of the molecule is C=C(C)c1cc(F)cc(F)c1CC1(C#N)CCNCC1. The number of halogens is 2. The van der Waals surface area contributed by atoms with Crippen molar-refractivity contribution in [3.63, 3.8) is 0 Å². The monoisotopic (exact) mass is 276 g/mol. The fourth-order valence-corrected chi connectivity index (χ4v) is 2.74. The van der Waals surface area contributed by atoms with Crippen LogP contribution in [0.1, 0.15) is 30.9 Å². The van der Waals surface area contributed by atoms with E-state index in [0.29, 0.717) is 36.0 Å². The first-order valence-electron chi connectivity index (χ1n) is 6.73. The zero-order valence-electron chi connectivity index (χ0n) is 11.6. The number of nitrogens with zero attached hydrogens (tertiary/aromatic N) is 1. The van der Waals surface area contributed by atoms with Crippen LogP contribution in [0.4, 0.5) is 8.78 Å². The van der Waals surface area contributed by atoms with Gasteiger partial charge in [0.1, 0.15) is 11.6 Å². The van der Waals surface area contributed by atoms with Crippen molar-refractivity contribution in [1.82, 2.24) is 5.32 Å². The molecule has 1 fully saturated rings. The van der Waals surface area contributed by atoms with E-state index in [1.165, 1.54) is 6.07 Å².